The maximum atomic E-state index is 11.7. The lowest BCUT2D eigenvalue weighted by atomic mass is 9.68. The van der Waals surface area contributed by atoms with Crippen molar-refractivity contribution in [3.05, 3.63) is 0 Å². The highest BCUT2D eigenvalue weighted by Gasteiger charge is 2.60. The van der Waals surface area contributed by atoms with Gasteiger partial charge in [-0.1, -0.05) is 19.3 Å². The van der Waals surface area contributed by atoms with Crippen molar-refractivity contribution in [1.29, 1.82) is 0 Å². The van der Waals surface area contributed by atoms with Crippen molar-refractivity contribution in [2.75, 3.05) is 0 Å². The predicted molar refractivity (Wildman–Crippen MR) is 62.7 cm³/mol. The summed E-state index contributed by atoms with van der Waals surface area (Å²) in [6, 6.07) is 0. The maximum absolute atomic E-state index is 11.7. The van der Waals surface area contributed by atoms with Gasteiger partial charge in [-0.15, -0.1) is 0 Å². The molecule has 0 bridgehead atoms. The van der Waals surface area contributed by atoms with Crippen LogP contribution in [-0.4, -0.2) is 29.1 Å². The van der Waals surface area contributed by atoms with Gasteiger partial charge in [-0.05, 0) is 33.6 Å². The van der Waals surface area contributed by atoms with E-state index in [0.29, 0.717) is 12.8 Å². The van der Waals surface area contributed by atoms with E-state index in [-0.39, 0.29) is 12.2 Å². The Kier molecular flexibility index (Phi) is 3.21. The second-order valence-corrected chi connectivity index (χ2v) is 5.54. The molecule has 0 radical (unpaired) electrons. The monoisotopic (exact) mass is 242 g/mol. The molecule has 17 heavy (non-hydrogen) atoms. The zero-order chi connectivity index (χ0) is 12.7. The van der Waals surface area contributed by atoms with Crippen molar-refractivity contribution in [1.82, 2.24) is 0 Å². The van der Waals surface area contributed by atoms with E-state index in [9.17, 15) is 9.90 Å². The second kappa shape index (κ2) is 4.25. The Morgan fingerprint density at radius 3 is 2.00 bits per heavy atom. The van der Waals surface area contributed by atoms with Gasteiger partial charge in [0.15, 0.2) is 5.79 Å². The number of ether oxygens (including phenoxy) is 2. The minimum Gasteiger partial charge on any atom is -0.481 e. The van der Waals surface area contributed by atoms with Crippen LogP contribution in [0.2, 0.25) is 0 Å². The topological polar surface area (TPSA) is 55.8 Å². The molecule has 1 aliphatic carbocycles. The Hall–Kier alpha value is -0.610. The lowest BCUT2D eigenvalue weighted by molar-refractivity contribution is -0.249. The fourth-order valence-electron chi connectivity index (χ4n) is 3.17. The number of aliphatic carboxylic acids is 1. The first-order valence-corrected chi connectivity index (χ1v) is 6.50. The first-order chi connectivity index (χ1) is 7.91. The molecule has 2 atom stereocenters. The van der Waals surface area contributed by atoms with Crippen LogP contribution in [0.1, 0.15) is 52.9 Å². The number of hydrogen-bond donors (Lipinski definition) is 1. The predicted octanol–water partition coefficient (Wildman–Crippen LogP) is 2.56. The van der Waals surface area contributed by atoms with Crippen LogP contribution in [0.15, 0.2) is 0 Å². The fourth-order valence-corrected chi connectivity index (χ4v) is 3.17. The Balaban J connectivity index is 2.30. The third kappa shape index (κ3) is 1.87. The molecule has 0 unspecified atom stereocenters. The van der Waals surface area contributed by atoms with E-state index in [0.717, 1.165) is 19.3 Å². The summed E-state index contributed by atoms with van der Waals surface area (Å²) in [4.78, 5) is 11.7. The lowest BCUT2D eigenvalue weighted by Crippen LogP contribution is -2.53. The number of carboxylic acid groups (broad SMARTS) is 1. The molecule has 2 fully saturated rings. The Labute approximate surface area is 102 Å². The van der Waals surface area contributed by atoms with E-state index in [1.807, 2.05) is 13.8 Å². The first-order valence-electron chi connectivity index (χ1n) is 6.50. The molecule has 0 aromatic carbocycles. The fraction of sp³-hybridized carbons (Fsp3) is 0.923. The minimum atomic E-state index is -0.974. The number of hydrogen-bond acceptors (Lipinski definition) is 3. The summed E-state index contributed by atoms with van der Waals surface area (Å²) in [5, 5.41) is 9.63. The third-order valence-electron chi connectivity index (χ3n) is 4.47. The third-order valence-corrected chi connectivity index (χ3v) is 4.47. The summed E-state index contributed by atoms with van der Waals surface area (Å²) in [5.41, 5.74) is -0.871. The van der Waals surface area contributed by atoms with E-state index in [4.69, 9.17) is 9.47 Å². The van der Waals surface area contributed by atoms with E-state index in [2.05, 4.69) is 0 Å². The van der Waals surface area contributed by atoms with Crippen molar-refractivity contribution in [3.8, 4) is 0 Å². The highest BCUT2D eigenvalue weighted by atomic mass is 16.8. The molecule has 2 rings (SSSR count). The second-order valence-electron chi connectivity index (χ2n) is 5.54. The Morgan fingerprint density at radius 2 is 1.59 bits per heavy atom. The van der Waals surface area contributed by atoms with Crippen LogP contribution >= 0.6 is 0 Å². The van der Waals surface area contributed by atoms with Crippen LogP contribution in [0.3, 0.4) is 0 Å². The van der Waals surface area contributed by atoms with Gasteiger partial charge in [0.25, 0.3) is 0 Å². The van der Waals surface area contributed by atoms with Gasteiger partial charge in [0.1, 0.15) is 5.41 Å². The standard InChI is InChI=1S/C13H22O4/c1-9-10(2)17-12(3,16-9)13(11(14)15)7-5-4-6-8-13/h9-10H,4-8H2,1-3H3,(H,14,15)/t9-,10-/m0/s1. The van der Waals surface area contributed by atoms with Crippen molar-refractivity contribution in [3.63, 3.8) is 0 Å². The molecular formula is C13H22O4. The molecule has 4 nitrogen and oxygen atoms in total. The molecule has 1 N–H and O–H groups in total. The minimum absolute atomic E-state index is 0.0434. The Bertz CT molecular complexity index is 297. The van der Waals surface area contributed by atoms with E-state index in [1.165, 1.54) is 0 Å². The SMILES string of the molecule is C[C@@H]1OC(C)(C2(C(=O)O)CCCCC2)O[C@H]1C. The van der Waals surface area contributed by atoms with Crippen LogP contribution in [0.4, 0.5) is 0 Å². The molecule has 0 aromatic rings. The van der Waals surface area contributed by atoms with Gasteiger partial charge in [0.05, 0.1) is 12.2 Å². The van der Waals surface area contributed by atoms with Gasteiger partial charge in [-0.2, -0.15) is 0 Å². The van der Waals surface area contributed by atoms with E-state index in [1.54, 1.807) is 6.92 Å². The molecule has 98 valence electrons. The average Bonchev–Trinajstić information content (AvgIpc) is 2.55. The first kappa shape index (κ1) is 12.8. The maximum Gasteiger partial charge on any atom is 0.315 e. The average molecular weight is 242 g/mol. The summed E-state index contributed by atoms with van der Waals surface area (Å²) < 4.78 is 11.7. The molecule has 1 aliphatic heterocycles. The van der Waals surface area contributed by atoms with Crippen molar-refractivity contribution in [2.24, 2.45) is 5.41 Å². The Morgan fingerprint density at radius 1 is 1.12 bits per heavy atom. The molecule has 1 heterocycles. The summed E-state index contributed by atoms with van der Waals surface area (Å²) >= 11 is 0. The largest absolute Gasteiger partial charge is 0.481 e. The zero-order valence-corrected chi connectivity index (χ0v) is 10.9. The van der Waals surface area contributed by atoms with Gasteiger partial charge in [-0.3, -0.25) is 4.79 Å². The number of carbonyl (C=O) groups is 1. The van der Waals surface area contributed by atoms with Crippen molar-refractivity contribution < 1.29 is 19.4 Å². The van der Waals surface area contributed by atoms with Gasteiger partial charge >= 0.3 is 5.97 Å². The van der Waals surface area contributed by atoms with E-state index >= 15 is 0 Å². The molecule has 0 aromatic heterocycles. The summed E-state index contributed by atoms with van der Waals surface area (Å²) in [7, 11) is 0. The highest BCUT2D eigenvalue weighted by molar-refractivity contribution is 5.76. The summed E-state index contributed by atoms with van der Waals surface area (Å²) in [5.74, 6) is -1.75. The number of carboxylic acids is 1. The van der Waals surface area contributed by atoms with Crippen LogP contribution in [0, 0.1) is 5.41 Å². The van der Waals surface area contributed by atoms with Gasteiger partial charge in [-0.25, -0.2) is 0 Å². The van der Waals surface area contributed by atoms with Crippen LogP contribution < -0.4 is 0 Å². The number of rotatable bonds is 2. The van der Waals surface area contributed by atoms with Crippen molar-refractivity contribution in [2.45, 2.75) is 70.9 Å². The molecule has 4 heteroatoms. The molecule has 0 amide bonds. The smallest absolute Gasteiger partial charge is 0.315 e. The lowest BCUT2D eigenvalue weighted by Gasteiger charge is -2.44. The van der Waals surface area contributed by atoms with Gasteiger partial charge < -0.3 is 14.6 Å². The molecule has 1 saturated heterocycles. The van der Waals surface area contributed by atoms with E-state index < -0.39 is 17.2 Å². The van der Waals surface area contributed by atoms with Crippen LogP contribution in [-0.2, 0) is 14.3 Å². The molecule has 0 spiro atoms. The zero-order valence-electron chi connectivity index (χ0n) is 10.9. The van der Waals surface area contributed by atoms with Gasteiger partial charge in [0, 0.05) is 0 Å². The normalized spacial score (nSPS) is 35.7. The van der Waals surface area contributed by atoms with Crippen molar-refractivity contribution >= 4 is 5.97 Å². The summed E-state index contributed by atoms with van der Waals surface area (Å²) in [6.45, 7) is 5.68. The van der Waals surface area contributed by atoms with Crippen LogP contribution in [0.5, 0.6) is 0 Å². The highest BCUT2D eigenvalue weighted by Crippen LogP contribution is 2.51. The quantitative estimate of drug-likeness (QED) is 0.808. The molecule has 2 aliphatic rings. The van der Waals surface area contributed by atoms with Gasteiger partial charge in [0.2, 0.25) is 0 Å². The van der Waals surface area contributed by atoms with Crippen LogP contribution in [0.25, 0.3) is 0 Å². The summed E-state index contributed by atoms with van der Waals surface area (Å²) in [6.07, 6.45) is 4.21. The molecule has 1 saturated carbocycles. The molecular weight excluding hydrogens is 220 g/mol.